The molecule has 0 saturated carbocycles. The van der Waals surface area contributed by atoms with Crippen LogP contribution in [0.2, 0.25) is 0 Å². The summed E-state index contributed by atoms with van der Waals surface area (Å²) < 4.78 is 26.8. The van der Waals surface area contributed by atoms with Crippen molar-refractivity contribution in [3.63, 3.8) is 0 Å². The minimum Gasteiger partial charge on any atom is -0.396 e. The number of nitrogens with two attached hydrogens (primary N) is 1. The maximum atomic E-state index is 12.2. The van der Waals surface area contributed by atoms with E-state index in [1.54, 1.807) is 18.3 Å². The molecule has 1 aliphatic rings. The number of hydrogen-bond donors (Lipinski definition) is 4. The summed E-state index contributed by atoms with van der Waals surface area (Å²) in [5.74, 6) is 0.867. The van der Waals surface area contributed by atoms with Crippen molar-refractivity contribution in [2.75, 3.05) is 25.0 Å². The van der Waals surface area contributed by atoms with Crippen LogP contribution in [-0.2, 0) is 16.4 Å². The summed E-state index contributed by atoms with van der Waals surface area (Å²) in [6.07, 6.45) is 4.24. The van der Waals surface area contributed by atoms with Crippen molar-refractivity contribution in [2.24, 2.45) is 5.73 Å². The standard InChI is InChI=1S/C18H24N4O3S/c19-8-10-21-26(24,25)15-5-3-13(4-6-15)16-7-9-20-18-17(16)12-14(22-18)2-1-11-23/h3-7,9,14,21,23H,1-2,8,10-12,19H2,(H,20,22). The van der Waals surface area contributed by atoms with Gasteiger partial charge in [-0.25, -0.2) is 18.1 Å². The first-order chi connectivity index (χ1) is 12.5. The lowest BCUT2D eigenvalue weighted by Gasteiger charge is -2.09. The molecule has 1 aliphatic heterocycles. The van der Waals surface area contributed by atoms with Crippen LogP contribution in [0.4, 0.5) is 5.82 Å². The van der Waals surface area contributed by atoms with E-state index in [4.69, 9.17) is 10.8 Å². The van der Waals surface area contributed by atoms with Crippen molar-refractivity contribution in [1.82, 2.24) is 9.71 Å². The third-order valence-electron chi connectivity index (χ3n) is 4.47. The first-order valence-corrected chi connectivity index (χ1v) is 10.2. The second-order valence-corrected chi connectivity index (χ2v) is 8.07. The van der Waals surface area contributed by atoms with Gasteiger partial charge in [0.25, 0.3) is 0 Å². The van der Waals surface area contributed by atoms with Crippen LogP contribution in [0.15, 0.2) is 41.4 Å². The molecule has 140 valence electrons. The number of benzene rings is 1. The Balaban J connectivity index is 1.83. The average Bonchev–Trinajstić information content (AvgIpc) is 3.08. The van der Waals surface area contributed by atoms with Gasteiger partial charge >= 0.3 is 0 Å². The van der Waals surface area contributed by atoms with E-state index in [9.17, 15) is 8.42 Å². The molecule has 0 saturated heterocycles. The molecule has 1 aromatic carbocycles. The quantitative estimate of drug-likeness (QED) is 0.548. The van der Waals surface area contributed by atoms with Gasteiger partial charge in [-0.15, -0.1) is 0 Å². The lowest BCUT2D eigenvalue weighted by atomic mass is 9.98. The fourth-order valence-electron chi connectivity index (χ4n) is 3.19. The Morgan fingerprint density at radius 2 is 2.04 bits per heavy atom. The number of nitrogens with zero attached hydrogens (tertiary/aromatic N) is 1. The molecule has 0 aliphatic carbocycles. The van der Waals surface area contributed by atoms with Crippen LogP contribution in [0, 0.1) is 0 Å². The van der Waals surface area contributed by atoms with E-state index in [0.29, 0.717) is 0 Å². The summed E-state index contributed by atoms with van der Waals surface area (Å²) in [6.45, 7) is 0.650. The number of rotatable bonds is 8. The zero-order valence-electron chi connectivity index (χ0n) is 14.5. The highest BCUT2D eigenvalue weighted by atomic mass is 32.2. The van der Waals surface area contributed by atoms with Gasteiger partial charge in [0.15, 0.2) is 0 Å². The van der Waals surface area contributed by atoms with Crippen LogP contribution in [0.1, 0.15) is 18.4 Å². The largest absolute Gasteiger partial charge is 0.396 e. The molecule has 1 atom stereocenters. The molecule has 0 amide bonds. The van der Waals surface area contributed by atoms with Crippen molar-refractivity contribution in [3.05, 3.63) is 42.1 Å². The molecular weight excluding hydrogens is 352 g/mol. The molecule has 2 heterocycles. The fraction of sp³-hybridized carbons (Fsp3) is 0.389. The minimum absolute atomic E-state index is 0.183. The van der Waals surface area contributed by atoms with Gasteiger partial charge < -0.3 is 16.2 Å². The molecule has 8 heteroatoms. The summed E-state index contributed by atoms with van der Waals surface area (Å²) in [5.41, 5.74) is 8.49. The molecular formula is C18H24N4O3S. The summed E-state index contributed by atoms with van der Waals surface area (Å²) in [4.78, 5) is 4.62. The SMILES string of the molecule is NCCNS(=O)(=O)c1ccc(-c2ccnc3c2CC(CCCO)N3)cc1. The third-order valence-corrected chi connectivity index (χ3v) is 5.95. The second kappa shape index (κ2) is 8.13. The van der Waals surface area contributed by atoms with Crippen molar-refractivity contribution < 1.29 is 13.5 Å². The monoisotopic (exact) mass is 376 g/mol. The Kier molecular flexibility index (Phi) is 5.87. The molecule has 1 unspecified atom stereocenters. The predicted molar refractivity (Wildman–Crippen MR) is 101 cm³/mol. The highest BCUT2D eigenvalue weighted by Crippen LogP contribution is 2.34. The number of pyridine rings is 1. The molecule has 2 aromatic rings. The molecule has 7 nitrogen and oxygen atoms in total. The van der Waals surface area contributed by atoms with E-state index in [-0.39, 0.29) is 30.6 Å². The first kappa shape index (κ1) is 18.8. The van der Waals surface area contributed by atoms with Crippen LogP contribution >= 0.6 is 0 Å². The van der Waals surface area contributed by atoms with E-state index >= 15 is 0 Å². The van der Waals surface area contributed by atoms with Crippen molar-refractivity contribution >= 4 is 15.8 Å². The Hall–Kier alpha value is -2.00. The molecule has 0 spiro atoms. The third kappa shape index (κ3) is 4.04. The highest BCUT2D eigenvalue weighted by Gasteiger charge is 2.24. The number of aliphatic hydroxyl groups excluding tert-OH is 1. The van der Waals surface area contributed by atoms with Crippen LogP contribution in [-0.4, -0.2) is 44.2 Å². The van der Waals surface area contributed by atoms with Crippen molar-refractivity contribution in [3.8, 4) is 11.1 Å². The van der Waals surface area contributed by atoms with Crippen LogP contribution < -0.4 is 15.8 Å². The second-order valence-electron chi connectivity index (χ2n) is 6.31. The molecule has 0 radical (unpaired) electrons. The van der Waals surface area contributed by atoms with E-state index in [1.807, 2.05) is 18.2 Å². The predicted octanol–water partition coefficient (Wildman–Crippen LogP) is 1.09. The lowest BCUT2D eigenvalue weighted by molar-refractivity contribution is 0.281. The number of sulfonamides is 1. The Labute approximate surface area is 153 Å². The normalized spacial score (nSPS) is 16.3. The summed E-state index contributed by atoms with van der Waals surface area (Å²) in [7, 11) is -3.53. The van der Waals surface area contributed by atoms with Crippen molar-refractivity contribution in [1.29, 1.82) is 0 Å². The molecule has 5 N–H and O–H groups in total. The molecule has 0 bridgehead atoms. The van der Waals surface area contributed by atoms with Gasteiger partial charge in [-0.2, -0.15) is 0 Å². The Morgan fingerprint density at radius 1 is 1.27 bits per heavy atom. The van der Waals surface area contributed by atoms with Crippen LogP contribution in [0.5, 0.6) is 0 Å². The number of anilines is 1. The Morgan fingerprint density at radius 3 is 2.73 bits per heavy atom. The molecule has 1 aromatic heterocycles. The fourth-order valence-corrected chi connectivity index (χ4v) is 4.23. The average molecular weight is 376 g/mol. The number of fused-ring (bicyclic) bond motifs is 1. The number of aliphatic hydroxyl groups is 1. The maximum absolute atomic E-state index is 12.2. The highest BCUT2D eigenvalue weighted by molar-refractivity contribution is 7.89. The van der Waals surface area contributed by atoms with E-state index in [1.165, 1.54) is 0 Å². The Bertz CT molecular complexity index is 853. The van der Waals surface area contributed by atoms with Gasteiger partial charge in [-0.05, 0) is 48.6 Å². The van der Waals surface area contributed by atoms with Gasteiger partial charge in [-0.3, -0.25) is 0 Å². The van der Waals surface area contributed by atoms with Crippen LogP contribution in [0.3, 0.4) is 0 Å². The number of aromatic nitrogens is 1. The first-order valence-electron chi connectivity index (χ1n) is 8.70. The summed E-state index contributed by atoms with van der Waals surface area (Å²) >= 11 is 0. The topological polar surface area (TPSA) is 117 Å². The summed E-state index contributed by atoms with van der Waals surface area (Å²) in [6, 6.07) is 9.05. The van der Waals surface area contributed by atoms with Gasteiger partial charge in [-0.1, -0.05) is 12.1 Å². The van der Waals surface area contributed by atoms with Gasteiger partial charge in [0, 0.05) is 37.5 Å². The van der Waals surface area contributed by atoms with E-state index < -0.39 is 10.0 Å². The maximum Gasteiger partial charge on any atom is 0.240 e. The van der Waals surface area contributed by atoms with Gasteiger partial charge in [0.1, 0.15) is 5.82 Å². The summed E-state index contributed by atoms with van der Waals surface area (Å²) in [5, 5.41) is 12.4. The van der Waals surface area contributed by atoms with Crippen molar-refractivity contribution in [2.45, 2.75) is 30.2 Å². The van der Waals surface area contributed by atoms with E-state index in [0.717, 1.165) is 41.8 Å². The zero-order valence-corrected chi connectivity index (χ0v) is 15.3. The van der Waals surface area contributed by atoms with Gasteiger partial charge in [0.05, 0.1) is 4.90 Å². The number of nitrogens with one attached hydrogen (secondary N) is 2. The zero-order chi connectivity index (χ0) is 18.6. The van der Waals surface area contributed by atoms with E-state index in [2.05, 4.69) is 15.0 Å². The number of hydrogen-bond acceptors (Lipinski definition) is 6. The van der Waals surface area contributed by atoms with Crippen LogP contribution in [0.25, 0.3) is 11.1 Å². The molecule has 26 heavy (non-hydrogen) atoms. The minimum atomic E-state index is -3.53. The molecule has 0 fully saturated rings. The molecule has 3 rings (SSSR count). The smallest absolute Gasteiger partial charge is 0.240 e. The lowest BCUT2D eigenvalue weighted by Crippen LogP contribution is -2.29. The van der Waals surface area contributed by atoms with Gasteiger partial charge in [0.2, 0.25) is 10.0 Å².